The van der Waals surface area contributed by atoms with E-state index in [1.807, 2.05) is 6.07 Å². The van der Waals surface area contributed by atoms with Crippen LogP contribution in [0.2, 0.25) is 0 Å². The fourth-order valence-corrected chi connectivity index (χ4v) is 0.864. The van der Waals surface area contributed by atoms with E-state index in [0.717, 1.165) is 5.56 Å². The van der Waals surface area contributed by atoms with E-state index in [0.29, 0.717) is 12.6 Å². The van der Waals surface area contributed by atoms with Gasteiger partial charge in [-0.3, -0.25) is 0 Å². The average Bonchev–Trinajstić information content (AvgIpc) is 2.20. The van der Waals surface area contributed by atoms with E-state index in [1.165, 1.54) is 0 Å². The Morgan fingerprint density at radius 2 is 1.56 bits per heavy atom. The van der Waals surface area contributed by atoms with Crippen molar-refractivity contribution in [2.24, 2.45) is 0 Å². The van der Waals surface area contributed by atoms with Gasteiger partial charge in [-0.15, -0.1) is 0 Å². The molecule has 0 saturated carbocycles. The van der Waals surface area contributed by atoms with Crippen LogP contribution in [0.15, 0.2) is 30.3 Å². The number of hydrogen-bond acceptors (Lipinski definition) is 4. The Balaban J connectivity index is 0. The SMILES string of the molecule is O=CC(C=O)c1ccccc1.O=S([O-])O.[Na+]. The molecule has 5 nitrogen and oxygen atoms in total. The van der Waals surface area contributed by atoms with Gasteiger partial charge in [0, 0.05) is 0 Å². The third kappa shape index (κ3) is 8.90. The molecule has 0 radical (unpaired) electrons. The van der Waals surface area contributed by atoms with Crippen molar-refractivity contribution in [1.82, 2.24) is 0 Å². The molecule has 0 spiro atoms. The first-order chi connectivity index (χ1) is 7.11. The van der Waals surface area contributed by atoms with Crippen LogP contribution in [0, 0.1) is 0 Å². The van der Waals surface area contributed by atoms with Crippen molar-refractivity contribution in [3.63, 3.8) is 0 Å². The molecule has 1 atom stereocenters. The molecule has 0 amide bonds. The van der Waals surface area contributed by atoms with Crippen LogP contribution in [0.1, 0.15) is 11.5 Å². The van der Waals surface area contributed by atoms with Crippen LogP contribution in [-0.2, 0) is 21.0 Å². The molecule has 0 aromatic heterocycles. The second kappa shape index (κ2) is 11.1. The van der Waals surface area contributed by atoms with Gasteiger partial charge in [0.1, 0.15) is 12.6 Å². The van der Waals surface area contributed by atoms with Gasteiger partial charge in [0.2, 0.25) is 0 Å². The molecule has 0 bridgehead atoms. The zero-order valence-corrected chi connectivity index (χ0v) is 11.4. The maximum absolute atomic E-state index is 10.3. The van der Waals surface area contributed by atoms with Crippen LogP contribution in [0.5, 0.6) is 0 Å². The molecule has 1 rings (SSSR count). The van der Waals surface area contributed by atoms with Crippen molar-refractivity contribution in [2.75, 3.05) is 0 Å². The summed E-state index contributed by atoms with van der Waals surface area (Å²) in [5.41, 5.74) is 0.748. The first-order valence-electron chi connectivity index (χ1n) is 3.85. The summed E-state index contributed by atoms with van der Waals surface area (Å²) in [5, 5.41) is 0. The third-order valence-corrected chi connectivity index (χ3v) is 1.48. The predicted octanol–water partition coefficient (Wildman–Crippen LogP) is -2.49. The third-order valence-electron chi connectivity index (χ3n) is 1.48. The van der Waals surface area contributed by atoms with Gasteiger partial charge in [0.05, 0.1) is 17.3 Å². The number of benzene rings is 1. The van der Waals surface area contributed by atoms with Crippen LogP contribution in [0.25, 0.3) is 0 Å². The number of rotatable bonds is 3. The molecule has 1 aromatic rings. The monoisotopic (exact) mass is 252 g/mol. The minimum absolute atomic E-state index is 0. The number of aldehydes is 2. The van der Waals surface area contributed by atoms with Gasteiger partial charge in [0.25, 0.3) is 0 Å². The van der Waals surface area contributed by atoms with Gasteiger partial charge in [-0.25, -0.2) is 4.21 Å². The maximum atomic E-state index is 10.3. The second-order valence-electron chi connectivity index (χ2n) is 2.43. The van der Waals surface area contributed by atoms with E-state index < -0.39 is 17.3 Å². The van der Waals surface area contributed by atoms with Crippen molar-refractivity contribution in [3.05, 3.63) is 35.9 Å². The number of carbonyl (C=O) groups excluding carboxylic acids is 2. The zero-order chi connectivity index (χ0) is 11.7. The average molecular weight is 252 g/mol. The molecule has 0 aliphatic heterocycles. The quantitative estimate of drug-likeness (QED) is 0.278. The minimum atomic E-state index is -2.86. The van der Waals surface area contributed by atoms with E-state index in [2.05, 4.69) is 0 Å². The summed E-state index contributed by atoms with van der Waals surface area (Å²) in [6.45, 7) is 0. The molecule has 0 heterocycles. The van der Waals surface area contributed by atoms with Gasteiger partial charge in [0.15, 0.2) is 0 Å². The van der Waals surface area contributed by atoms with E-state index in [1.54, 1.807) is 24.3 Å². The van der Waals surface area contributed by atoms with Gasteiger partial charge in [-0.2, -0.15) is 0 Å². The summed E-state index contributed by atoms with van der Waals surface area (Å²) in [7, 11) is 0. The molecule has 82 valence electrons. The Hall–Kier alpha value is -0.370. The smallest absolute Gasteiger partial charge is 0.750 e. The molecule has 0 fully saturated rings. The largest absolute Gasteiger partial charge is 1.00 e. The van der Waals surface area contributed by atoms with Crippen LogP contribution in [-0.4, -0.2) is 25.9 Å². The fourth-order valence-electron chi connectivity index (χ4n) is 0.864. The Kier molecular flexibility index (Phi) is 12.5. The van der Waals surface area contributed by atoms with Crippen LogP contribution >= 0.6 is 0 Å². The Morgan fingerprint density at radius 1 is 1.19 bits per heavy atom. The van der Waals surface area contributed by atoms with E-state index in [9.17, 15) is 9.59 Å². The van der Waals surface area contributed by atoms with Crippen molar-refractivity contribution < 1.29 is 52.5 Å². The number of carbonyl (C=O) groups is 2. The molecule has 1 aromatic carbocycles. The second-order valence-corrected chi connectivity index (χ2v) is 2.86. The van der Waals surface area contributed by atoms with Gasteiger partial charge < -0.3 is 18.7 Å². The van der Waals surface area contributed by atoms with E-state index >= 15 is 0 Å². The zero-order valence-electron chi connectivity index (χ0n) is 8.61. The molecule has 0 aliphatic rings. The van der Waals surface area contributed by atoms with Crippen molar-refractivity contribution in [3.8, 4) is 0 Å². The molecule has 0 saturated heterocycles. The van der Waals surface area contributed by atoms with E-state index in [-0.39, 0.29) is 29.6 Å². The topological polar surface area (TPSA) is 94.5 Å². The summed E-state index contributed by atoms with van der Waals surface area (Å²) >= 11 is -2.86. The summed E-state index contributed by atoms with van der Waals surface area (Å²) in [6.07, 6.45) is 1.28. The molecule has 7 heteroatoms. The van der Waals surface area contributed by atoms with Gasteiger partial charge in [-0.1, -0.05) is 30.3 Å². The van der Waals surface area contributed by atoms with Gasteiger partial charge in [-0.05, 0) is 5.56 Å². The van der Waals surface area contributed by atoms with Gasteiger partial charge >= 0.3 is 29.6 Å². The fraction of sp³-hybridized carbons (Fsp3) is 0.111. The summed E-state index contributed by atoms with van der Waals surface area (Å²) in [5.74, 6) is -0.601. The summed E-state index contributed by atoms with van der Waals surface area (Å²) in [6, 6.07) is 8.96. The molecule has 0 aliphatic carbocycles. The molecule has 16 heavy (non-hydrogen) atoms. The predicted molar refractivity (Wildman–Crippen MR) is 52.9 cm³/mol. The Labute approximate surface area is 118 Å². The van der Waals surface area contributed by atoms with Crippen LogP contribution < -0.4 is 29.6 Å². The van der Waals surface area contributed by atoms with E-state index in [4.69, 9.17) is 13.3 Å². The summed E-state index contributed by atoms with van der Waals surface area (Å²) in [4.78, 5) is 20.6. The maximum Gasteiger partial charge on any atom is 1.00 e. The standard InChI is InChI=1S/C9H8O2.Na.H2O3S/c10-6-9(7-11)8-4-2-1-3-5-8;;1-4(2)3/h1-7,9H;;(H2,1,2,3)/q;+1;/p-1. The minimum Gasteiger partial charge on any atom is -0.750 e. The van der Waals surface area contributed by atoms with Crippen LogP contribution in [0.3, 0.4) is 0 Å². The Bertz CT molecular complexity index is 318. The first-order valence-corrected chi connectivity index (χ1v) is 4.89. The molecular weight excluding hydrogens is 243 g/mol. The van der Waals surface area contributed by atoms with Crippen LogP contribution in [0.4, 0.5) is 0 Å². The first kappa shape index (κ1) is 18.0. The molecule has 1 unspecified atom stereocenters. The normalized spacial score (nSPS) is 10.4. The number of hydrogen-bond donors (Lipinski definition) is 1. The van der Waals surface area contributed by atoms with Crippen molar-refractivity contribution in [1.29, 1.82) is 0 Å². The summed E-state index contributed by atoms with van der Waals surface area (Å²) < 4.78 is 24.1. The van der Waals surface area contributed by atoms with Crippen molar-refractivity contribution in [2.45, 2.75) is 5.92 Å². The van der Waals surface area contributed by atoms with Crippen molar-refractivity contribution >= 4 is 23.9 Å². The Morgan fingerprint density at radius 3 is 1.88 bits per heavy atom. The molecular formula is C9H9NaO5S. The molecule has 1 N–H and O–H groups in total.